The maximum Gasteiger partial charge on any atom is 0.0545 e. The lowest BCUT2D eigenvalue weighted by Gasteiger charge is -2.06. The van der Waals surface area contributed by atoms with Gasteiger partial charge in [0.2, 0.25) is 0 Å². The number of thioether (sulfide) groups is 2. The highest BCUT2D eigenvalue weighted by Gasteiger charge is 2.27. The fourth-order valence-corrected chi connectivity index (χ4v) is 8.97. The van der Waals surface area contributed by atoms with E-state index in [1.54, 1.807) is 0 Å². The Labute approximate surface area is 186 Å². The molecule has 0 bridgehead atoms. The van der Waals surface area contributed by atoms with E-state index in [4.69, 9.17) is 0 Å². The first-order chi connectivity index (χ1) is 13.2. The van der Waals surface area contributed by atoms with Gasteiger partial charge in [0.05, 0.1) is 18.1 Å². The van der Waals surface area contributed by atoms with Crippen LogP contribution >= 0.6 is 67.1 Å². The van der Waals surface area contributed by atoms with E-state index < -0.39 is 0 Å². The van der Waals surface area contributed by atoms with Gasteiger partial charge in [-0.15, -0.1) is 23.5 Å². The summed E-state index contributed by atoms with van der Waals surface area (Å²) >= 11 is 13.0. The third-order valence-corrected chi connectivity index (χ3v) is 9.88. The van der Waals surface area contributed by atoms with Crippen molar-refractivity contribution in [3.63, 3.8) is 0 Å². The number of hydrogen-bond donors (Lipinski definition) is 0. The van der Waals surface area contributed by atoms with Crippen molar-refractivity contribution >= 4 is 90.4 Å². The smallest absolute Gasteiger partial charge is 0.0545 e. The van der Waals surface area contributed by atoms with Crippen molar-refractivity contribution in [2.75, 3.05) is 0 Å². The predicted octanol–water partition coefficient (Wildman–Crippen LogP) is 4.43. The zero-order valence-electron chi connectivity index (χ0n) is 13.9. The van der Waals surface area contributed by atoms with Gasteiger partial charge >= 0.3 is 0 Å². The first-order valence-electron chi connectivity index (χ1n) is 8.63. The average Bonchev–Trinajstić information content (AvgIpc) is 3.33. The zero-order valence-corrected chi connectivity index (χ0v) is 19.5. The van der Waals surface area contributed by atoms with E-state index in [2.05, 4.69) is 92.6 Å². The zero-order chi connectivity index (χ0) is 18.1. The maximum absolute atomic E-state index is 3.67. The SMILES string of the molecule is BrC1=CC2=c3c(Sc4cccc5c4=C4C=C(Br)SC4C=5)cccc3=CC2S1. The van der Waals surface area contributed by atoms with Gasteiger partial charge in [0, 0.05) is 20.2 Å². The second-order valence-corrected chi connectivity index (χ2v) is 13.0. The normalized spacial score (nSPS) is 23.9. The van der Waals surface area contributed by atoms with Crippen LogP contribution in [0.1, 0.15) is 0 Å². The van der Waals surface area contributed by atoms with Gasteiger partial charge < -0.3 is 0 Å². The molecule has 0 radical (unpaired) electrons. The Morgan fingerprint density at radius 2 is 1.19 bits per heavy atom. The van der Waals surface area contributed by atoms with E-state index in [9.17, 15) is 0 Å². The molecule has 5 heteroatoms. The molecule has 2 aromatic carbocycles. The van der Waals surface area contributed by atoms with Crippen LogP contribution in [0.5, 0.6) is 0 Å². The molecule has 0 amide bonds. The minimum atomic E-state index is 0.454. The third kappa shape index (κ3) is 2.73. The number of hydrogen-bond acceptors (Lipinski definition) is 3. The van der Waals surface area contributed by atoms with E-state index in [1.165, 1.54) is 49.4 Å². The van der Waals surface area contributed by atoms with Crippen molar-refractivity contribution in [1.82, 2.24) is 0 Å². The van der Waals surface area contributed by atoms with Crippen molar-refractivity contribution in [1.29, 1.82) is 0 Å². The van der Waals surface area contributed by atoms with E-state index >= 15 is 0 Å². The summed E-state index contributed by atoms with van der Waals surface area (Å²) in [5.41, 5.74) is 2.88. The van der Waals surface area contributed by atoms with Crippen molar-refractivity contribution in [3.8, 4) is 0 Å². The number of halogens is 2. The second-order valence-electron chi connectivity index (χ2n) is 6.76. The van der Waals surface area contributed by atoms with Crippen LogP contribution < -0.4 is 20.9 Å². The van der Waals surface area contributed by atoms with Gasteiger partial charge in [-0.1, -0.05) is 48.2 Å². The van der Waals surface area contributed by atoms with Crippen molar-refractivity contribution in [2.24, 2.45) is 0 Å². The van der Waals surface area contributed by atoms with Gasteiger partial charge in [-0.25, -0.2) is 0 Å². The molecule has 2 atom stereocenters. The molecule has 0 saturated carbocycles. The highest BCUT2D eigenvalue weighted by atomic mass is 79.9. The first kappa shape index (κ1) is 17.3. The van der Waals surface area contributed by atoms with Crippen LogP contribution in [0.4, 0.5) is 0 Å². The minimum Gasteiger partial charge on any atom is -0.106 e. The van der Waals surface area contributed by atoms with Gasteiger partial charge in [0.1, 0.15) is 0 Å². The van der Waals surface area contributed by atoms with E-state index in [-0.39, 0.29) is 0 Å². The minimum absolute atomic E-state index is 0.454. The lowest BCUT2D eigenvalue weighted by Crippen LogP contribution is -2.27. The Balaban J connectivity index is 1.57. The molecule has 2 heterocycles. The Bertz CT molecular complexity index is 1230. The summed E-state index contributed by atoms with van der Waals surface area (Å²) < 4.78 is 2.46. The number of fused-ring (bicyclic) bond motifs is 4. The Kier molecular flexibility index (Phi) is 4.14. The molecule has 0 nitrogen and oxygen atoms in total. The van der Waals surface area contributed by atoms with Crippen molar-refractivity contribution < 1.29 is 0 Å². The van der Waals surface area contributed by atoms with Crippen LogP contribution in [0.25, 0.3) is 23.3 Å². The summed E-state index contributed by atoms with van der Waals surface area (Å²) in [7, 11) is 0. The molecule has 0 aromatic heterocycles. The molecular formula is C22H12Br2S3. The number of rotatable bonds is 2. The van der Waals surface area contributed by atoms with E-state index in [0.717, 1.165) is 0 Å². The fourth-order valence-electron chi connectivity index (χ4n) is 4.13. The highest BCUT2D eigenvalue weighted by molar-refractivity contribution is 9.14. The molecule has 6 rings (SSSR count). The summed E-state index contributed by atoms with van der Waals surface area (Å²) in [6.07, 6.45) is 9.38. The molecule has 0 spiro atoms. The maximum atomic E-state index is 3.67. The molecular weight excluding hydrogens is 520 g/mol. The van der Waals surface area contributed by atoms with E-state index in [0.29, 0.717) is 10.5 Å². The van der Waals surface area contributed by atoms with Crippen molar-refractivity contribution in [3.05, 3.63) is 77.1 Å². The van der Waals surface area contributed by atoms with E-state index in [1.807, 2.05) is 35.3 Å². The molecule has 2 unspecified atom stereocenters. The molecule has 4 aliphatic rings. The van der Waals surface area contributed by atoms with Gasteiger partial charge in [-0.05, 0) is 77.7 Å². The number of benzene rings is 2. The average molecular weight is 532 g/mol. The summed E-state index contributed by atoms with van der Waals surface area (Å²) in [5.74, 6) is 0. The quantitative estimate of drug-likeness (QED) is 0.562. The van der Waals surface area contributed by atoms with Crippen LogP contribution in [0.3, 0.4) is 0 Å². The molecule has 0 fully saturated rings. The lowest BCUT2D eigenvalue weighted by molar-refractivity contribution is 1.29. The van der Waals surface area contributed by atoms with Gasteiger partial charge in [0.25, 0.3) is 0 Å². The second kappa shape index (κ2) is 6.46. The summed E-state index contributed by atoms with van der Waals surface area (Å²) in [6, 6.07) is 13.4. The predicted molar refractivity (Wildman–Crippen MR) is 128 cm³/mol. The molecule has 2 aliphatic heterocycles. The summed E-state index contributed by atoms with van der Waals surface area (Å²) in [6.45, 7) is 0. The summed E-state index contributed by atoms with van der Waals surface area (Å²) in [5, 5.41) is 6.46. The summed E-state index contributed by atoms with van der Waals surface area (Å²) in [4.78, 5) is 2.71. The Hall–Kier alpha value is -0.590. The van der Waals surface area contributed by atoms with Gasteiger partial charge in [0.15, 0.2) is 0 Å². The molecule has 2 aliphatic carbocycles. The highest BCUT2D eigenvalue weighted by Crippen LogP contribution is 2.43. The standard InChI is InChI=1S/C22H12Br2S3/c23-19-9-13-17(26-19)7-11-3-1-5-15(21(11)13)25-16-6-2-4-12-8-18-14(22(12)16)10-20(24)27-18/h1-10,17-18H. The molecule has 0 saturated heterocycles. The van der Waals surface area contributed by atoms with Crippen LogP contribution in [-0.2, 0) is 0 Å². The topological polar surface area (TPSA) is 0 Å². The van der Waals surface area contributed by atoms with Crippen LogP contribution in [-0.4, -0.2) is 10.5 Å². The Morgan fingerprint density at radius 3 is 1.67 bits per heavy atom. The molecule has 27 heavy (non-hydrogen) atoms. The third-order valence-electron chi connectivity index (χ3n) is 5.21. The Morgan fingerprint density at radius 1 is 0.704 bits per heavy atom. The number of allylic oxidation sites excluding steroid dienone is 2. The van der Waals surface area contributed by atoms with Crippen LogP contribution in [0.15, 0.2) is 66.0 Å². The van der Waals surface area contributed by atoms with Gasteiger partial charge in [-0.3, -0.25) is 0 Å². The molecule has 132 valence electrons. The molecule has 0 N–H and O–H groups in total. The van der Waals surface area contributed by atoms with Crippen LogP contribution in [0.2, 0.25) is 0 Å². The fraction of sp³-hybridized carbons (Fsp3) is 0.0909. The molecule has 2 aromatic rings. The first-order valence-corrected chi connectivity index (χ1v) is 12.8. The lowest BCUT2D eigenvalue weighted by atomic mass is 10.2. The largest absolute Gasteiger partial charge is 0.106 e. The van der Waals surface area contributed by atoms with Crippen LogP contribution in [0, 0.1) is 0 Å². The van der Waals surface area contributed by atoms with Crippen molar-refractivity contribution in [2.45, 2.75) is 20.3 Å². The monoisotopic (exact) mass is 530 g/mol. The van der Waals surface area contributed by atoms with Gasteiger partial charge in [-0.2, -0.15) is 0 Å².